The van der Waals surface area contributed by atoms with Gasteiger partial charge in [-0.1, -0.05) is 42.5 Å². The molecule has 0 bridgehead atoms. The second-order valence-electron chi connectivity index (χ2n) is 6.48. The molecule has 6 heteroatoms. The van der Waals surface area contributed by atoms with E-state index in [1.54, 1.807) is 25.1 Å². The number of amides is 2. The standard InChI is InChI=1S/C22H21FN2O2S/c1-15-9-11-17(23)14-19(15)25-21(26)18(12-10-16-6-3-2-4-7-16)24-22(27)20-8-5-13-28-20/h2-9,11,13-14,18H,10,12H2,1H3,(H,24,27)(H,25,26). The van der Waals surface area contributed by atoms with E-state index in [0.29, 0.717) is 23.4 Å². The second kappa shape index (κ2) is 9.28. The lowest BCUT2D eigenvalue weighted by Crippen LogP contribution is -2.44. The Hall–Kier alpha value is -2.99. The van der Waals surface area contributed by atoms with E-state index in [-0.39, 0.29) is 11.8 Å². The molecule has 0 spiro atoms. The van der Waals surface area contributed by atoms with E-state index in [1.807, 2.05) is 35.7 Å². The fraction of sp³-hybridized carbons (Fsp3) is 0.182. The molecule has 0 fully saturated rings. The molecule has 3 rings (SSSR count). The number of carbonyl (C=O) groups is 2. The van der Waals surface area contributed by atoms with Crippen molar-refractivity contribution in [2.24, 2.45) is 0 Å². The number of halogens is 1. The average Bonchev–Trinajstić information content (AvgIpc) is 3.23. The highest BCUT2D eigenvalue weighted by atomic mass is 32.1. The van der Waals surface area contributed by atoms with Crippen LogP contribution in [0.4, 0.5) is 10.1 Å². The van der Waals surface area contributed by atoms with Gasteiger partial charge in [0.15, 0.2) is 0 Å². The maximum absolute atomic E-state index is 13.5. The Morgan fingerprint density at radius 2 is 1.86 bits per heavy atom. The van der Waals surface area contributed by atoms with Crippen LogP contribution < -0.4 is 10.6 Å². The van der Waals surface area contributed by atoms with Gasteiger partial charge >= 0.3 is 0 Å². The van der Waals surface area contributed by atoms with Gasteiger partial charge in [-0.15, -0.1) is 11.3 Å². The number of nitrogens with one attached hydrogen (secondary N) is 2. The molecule has 2 amide bonds. The number of benzene rings is 2. The van der Waals surface area contributed by atoms with Crippen molar-refractivity contribution in [2.45, 2.75) is 25.8 Å². The van der Waals surface area contributed by atoms with Gasteiger partial charge in [-0.3, -0.25) is 9.59 Å². The van der Waals surface area contributed by atoms with Gasteiger partial charge in [-0.2, -0.15) is 0 Å². The van der Waals surface area contributed by atoms with Gasteiger partial charge in [0.1, 0.15) is 11.9 Å². The number of rotatable bonds is 7. The van der Waals surface area contributed by atoms with Crippen LogP contribution in [-0.4, -0.2) is 17.9 Å². The summed E-state index contributed by atoms with van der Waals surface area (Å²) in [5.74, 6) is -1.09. The Balaban J connectivity index is 1.74. The summed E-state index contributed by atoms with van der Waals surface area (Å²) in [4.78, 5) is 25.9. The Kier molecular flexibility index (Phi) is 6.55. The van der Waals surface area contributed by atoms with Crippen LogP contribution in [0.5, 0.6) is 0 Å². The fourth-order valence-corrected chi connectivity index (χ4v) is 3.44. The zero-order valence-electron chi connectivity index (χ0n) is 15.4. The molecule has 0 saturated heterocycles. The van der Waals surface area contributed by atoms with Crippen molar-refractivity contribution in [2.75, 3.05) is 5.32 Å². The molecule has 0 aliphatic carbocycles. The van der Waals surface area contributed by atoms with Crippen molar-refractivity contribution in [3.63, 3.8) is 0 Å². The van der Waals surface area contributed by atoms with Gasteiger partial charge in [-0.25, -0.2) is 4.39 Å². The molecule has 0 aliphatic rings. The number of aryl methyl sites for hydroxylation is 2. The van der Waals surface area contributed by atoms with Crippen molar-refractivity contribution in [3.8, 4) is 0 Å². The van der Waals surface area contributed by atoms with E-state index >= 15 is 0 Å². The highest BCUT2D eigenvalue weighted by Gasteiger charge is 2.22. The summed E-state index contributed by atoms with van der Waals surface area (Å²) in [5, 5.41) is 7.37. The highest BCUT2D eigenvalue weighted by molar-refractivity contribution is 7.12. The van der Waals surface area contributed by atoms with Crippen molar-refractivity contribution < 1.29 is 14.0 Å². The lowest BCUT2D eigenvalue weighted by atomic mass is 10.0. The molecule has 0 radical (unpaired) electrons. The first kappa shape index (κ1) is 19.8. The lowest BCUT2D eigenvalue weighted by Gasteiger charge is -2.19. The lowest BCUT2D eigenvalue weighted by molar-refractivity contribution is -0.118. The molecule has 2 aromatic carbocycles. The highest BCUT2D eigenvalue weighted by Crippen LogP contribution is 2.17. The first-order chi connectivity index (χ1) is 13.5. The number of hydrogen-bond donors (Lipinski definition) is 2. The molecule has 0 aliphatic heterocycles. The maximum atomic E-state index is 13.5. The summed E-state index contributed by atoms with van der Waals surface area (Å²) >= 11 is 1.31. The van der Waals surface area contributed by atoms with E-state index < -0.39 is 11.9 Å². The predicted octanol–water partition coefficient (Wildman–Crippen LogP) is 4.57. The number of carbonyl (C=O) groups excluding carboxylic acids is 2. The predicted molar refractivity (Wildman–Crippen MR) is 110 cm³/mol. The zero-order chi connectivity index (χ0) is 19.9. The first-order valence-electron chi connectivity index (χ1n) is 8.98. The van der Waals surface area contributed by atoms with E-state index in [1.165, 1.54) is 23.5 Å². The quantitative estimate of drug-likeness (QED) is 0.615. The molecular formula is C22H21FN2O2S. The van der Waals surface area contributed by atoms with Gasteiger partial charge in [0, 0.05) is 5.69 Å². The van der Waals surface area contributed by atoms with E-state index in [2.05, 4.69) is 10.6 Å². The minimum atomic E-state index is -0.738. The molecule has 1 aromatic heterocycles. The van der Waals surface area contributed by atoms with Crippen LogP contribution in [0.1, 0.15) is 27.2 Å². The van der Waals surface area contributed by atoms with Gasteiger partial charge in [0.2, 0.25) is 5.91 Å². The zero-order valence-corrected chi connectivity index (χ0v) is 16.3. The van der Waals surface area contributed by atoms with Crippen LogP contribution in [0.15, 0.2) is 66.0 Å². The minimum Gasteiger partial charge on any atom is -0.340 e. The van der Waals surface area contributed by atoms with Crippen molar-refractivity contribution in [1.82, 2.24) is 5.32 Å². The average molecular weight is 396 g/mol. The van der Waals surface area contributed by atoms with Crippen LogP contribution in [-0.2, 0) is 11.2 Å². The summed E-state index contributed by atoms with van der Waals surface area (Å²) in [7, 11) is 0. The molecular weight excluding hydrogens is 375 g/mol. The van der Waals surface area contributed by atoms with E-state index in [0.717, 1.165) is 11.1 Å². The number of hydrogen-bond acceptors (Lipinski definition) is 3. The van der Waals surface area contributed by atoms with E-state index in [4.69, 9.17) is 0 Å². The molecule has 2 N–H and O–H groups in total. The third kappa shape index (κ3) is 5.27. The normalized spacial score (nSPS) is 11.6. The van der Waals surface area contributed by atoms with Crippen molar-refractivity contribution in [1.29, 1.82) is 0 Å². The third-order valence-corrected chi connectivity index (χ3v) is 5.26. The molecule has 0 saturated carbocycles. The number of thiophene rings is 1. The monoisotopic (exact) mass is 396 g/mol. The number of anilines is 1. The van der Waals surface area contributed by atoms with Crippen LogP contribution in [0.25, 0.3) is 0 Å². The molecule has 1 heterocycles. The largest absolute Gasteiger partial charge is 0.340 e. The Labute approximate surface area is 167 Å². The smallest absolute Gasteiger partial charge is 0.261 e. The van der Waals surface area contributed by atoms with Gasteiger partial charge < -0.3 is 10.6 Å². The maximum Gasteiger partial charge on any atom is 0.261 e. The summed E-state index contributed by atoms with van der Waals surface area (Å²) in [6.45, 7) is 1.79. The topological polar surface area (TPSA) is 58.2 Å². The van der Waals surface area contributed by atoms with Gasteiger partial charge in [0.25, 0.3) is 5.91 Å². The summed E-state index contributed by atoms with van der Waals surface area (Å²) in [5.41, 5.74) is 2.23. The Morgan fingerprint density at radius 1 is 1.07 bits per heavy atom. The van der Waals surface area contributed by atoms with Crippen LogP contribution in [0.3, 0.4) is 0 Å². The SMILES string of the molecule is Cc1ccc(F)cc1NC(=O)C(CCc1ccccc1)NC(=O)c1cccs1. The van der Waals surface area contributed by atoms with Crippen LogP contribution in [0.2, 0.25) is 0 Å². The molecule has 3 aromatic rings. The first-order valence-corrected chi connectivity index (χ1v) is 9.86. The summed E-state index contributed by atoms with van der Waals surface area (Å²) < 4.78 is 13.5. The third-order valence-electron chi connectivity index (χ3n) is 4.39. The van der Waals surface area contributed by atoms with Crippen molar-refractivity contribution >= 4 is 28.8 Å². The summed E-state index contributed by atoms with van der Waals surface area (Å²) in [6, 6.07) is 16.7. The van der Waals surface area contributed by atoms with E-state index in [9.17, 15) is 14.0 Å². The van der Waals surface area contributed by atoms with Gasteiger partial charge in [0.05, 0.1) is 4.88 Å². The van der Waals surface area contributed by atoms with Gasteiger partial charge in [-0.05, 0) is 54.5 Å². The van der Waals surface area contributed by atoms with Crippen LogP contribution >= 0.6 is 11.3 Å². The Bertz CT molecular complexity index is 942. The molecule has 4 nitrogen and oxygen atoms in total. The van der Waals surface area contributed by atoms with Crippen molar-refractivity contribution in [3.05, 3.63) is 87.9 Å². The minimum absolute atomic E-state index is 0.292. The molecule has 28 heavy (non-hydrogen) atoms. The van der Waals surface area contributed by atoms with Crippen LogP contribution in [0, 0.1) is 12.7 Å². The summed E-state index contributed by atoms with van der Waals surface area (Å²) in [6.07, 6.45) is 1.06. The second-order valence-corrected chi connectivity index (χ2v) is 7.42. The molecule has 1 atom stereocenters. The molecule has 1 unspecified atom stereocenters. The Morgan fingerprint density at radius 3 is 2.57 bits per heavy atom. The fourth-order valence-electron chi connectivity index (χ4n) is 2.81. The molecule has 144 valence electrons.